The smallest absolute Gasteiger partial charge is 0.264 e. The van der Waals surface area contributed by atoms with Gasteiger partial charge in [-0.05, 0) is 117 Å². The van der Waals surface area contributed by atoms with Crippen LogP contribution in [0.15, 0.2) is 85.1 Å². The van der Waals surface area contributed by atoms with E-state index in [4.69, 9.17) is 0 Å². The molecule has 5 aromatic rings. The molecular weight excluding hydrogens is 890 g/mol. The number of unbranched alkanes of at least 4 members (excludes halogenated alkanes) is 2. The summed E-state index contributed by atoms with van der Waals surface area (Å²) in [6.07, 6.45) is 8.16. The Bertz CT molecular complexity index is 2870. The van der Waals surface area contributed by atoms with Gasteiger partial charge in [0.25, 0.3) is 11.8 Å². The number of likely N-dealkylation sites (tertiary alicyclic amines) is 2. The third-order valence-corrected chi connectivity index (χ3v) is 14.3. The van der Waals surface area contributed by atoms with Crippen LogP contribution in [0.3, 0.4) is 0 Å². The first-order valence-corrected chi connectivity index (χ1v) is 24.6. The zero-order valence-electron chi connectivity index (χ0n) is 39.4. The molecule has 4 aromatic carbocycles. The van der Waals surface area contributed by atoms with E-state index in [1.54, 1.807) is 28.9 Å². The van der Waals surface area contributed by atoms with Crippen LogP contribution in [0.1, 0.15) is 120 Å². The van der Waals surface area contributed by atoms with Crippen LogP contribution in [0.25, 0.3) is 10.8 Å². The lowest BCUT2D eigenvalue weighted by molar-refractivity contribution is -0.136. The Morgan fingerprint density at radius 1 is 0.843 bits per heavy atom. The molecule has 0 aliphatic carbocycles. The van der Waals surface area contributed by atoms with Gasteiger partial charge in [-0.1, -0.05) is 72.0 Å². The number of nitrogens with zero attached hydrogens (tertiary/aromatic N) is 6. The van der Waals surface area contributed by atoms with E-state index in [0.29, 0.717) is 44.0 Å². The number of rotatable bonds is 15. The lowest BCUT2D eigenvalue weighted by atomic mass is 9.91. The highest BCUT2D eigenvalue weighted by atomic mass is 19.1. The molecule has 3 saturated heterocycles. The Hall–Kier alpha value is -7.25. The Morgan fingerprint density at radius 2 is 1.63 bits per heavy atom. The molecule has 0 spiro atoms. The van der Waals surface area contributed by atoms with Crippen LogP contribution in [0.5, 0.6) is 0 Å². The molecule has 4 aliphatic rings. The number of piperidine rings is 3. The maximum atomic E-state index is 13.6. The number of fused-ring (bicyclic) bond motifs is 2. The minimum absolute atomic E-state index is 0.0282. The summed E-state index contributed by atoms with van der Waals surface area (Å²) in [7, 11) is 0. The van der Waals surface area contributed by atoms with Crippen molar-refractivity contribution in [3.05, 3.63) is 124 Å². The molecule has 0 radical (unpaired) electrons. The monoisotopic (exact) mass is 947 g/mol. The summed E-state index contributed by atoms with van der Waals surface area (Å²) in [4.78, 5) is 82.2. The summed E-state index contributed by atoms with van der Waals surface area (Å²) in [6, 6.07) is 23.2. The zero-order chi connectivity index (χ0) is 48.7. The summed E-state index contributed by atoms with van der Waals surface area (Å²) >= 11 is 0. The van der Waals surface area contributed by atoms with Crippen LogP contribution in [-0.4, -0.2) is 97.4 Å². The van der Waals surface area contributed by atoms with E-state index in [0.717, 1.165) is 79.4 Å². The average molecular weight is 948 g/mol. The number of hydrogen-bond donors (Lipinski definition) is 3. The van der Waals surface area contributed by atoms with Crippen molar-refractivity contribution in [3.8, 4) is 11.8 Å². The van der Waals surface area contributed by atoms with E-state index in [1.807, 2.05) is 17.2 Å². The number of benzene rings is 4. The van der Waals surface area contributed by atoms with Crippen LogP contribution in [0, 0.1) is 29.5 Å². The van der Waals surface area contributed by atoms with Crippen molar-refractivity contribution in [1.29, 1.82) is 0 Å². The number of nitrogens with one attached hydrogen (secondary N) is 3. The van der Waals surface area contributed by atoms with E-state index < -0.39 is 29.7 Å². The summed E-state index contributed by atoms with van der Waals surface area (Å²) in [5.41, 5.74) is 4.48. The zero-order valence-corrected chi connectivity index (χ0v) is 39.4. The van der Waals surface area contributed by atoms with Gasteiger partial charge in [0.15, 0.2) is 0 Å². The van der Waals surface area contributed by atoms with Crippen molar-refractivity contribution in [2.75, 3.05) is 31.5 Å². The van der Waals surface area contributed by atoms with Gasteiger partial charge in [0.1, 0.15) is 17.6 Å². The number of hydrogen-bond acceptors (Lipinski definition) is 10. The first kappa shape index (κ1) is 47.8. The van der Waals surface area contributed by atoms with Gasteiger partial charge in [0, 0.05) is 68.1 Å². The maximum Gasteiger partial charge on any atom is 0.264 e. The second-order valence-corrected chi connectivity index (χ2v) is 18.8. The number of aryl methyl sites for hydroxylation is 1. The van der Waals surface area contributed by atoms with Crippen LogP contribution in [-0.2, 0) is 38.8 Å². The fraction of sp³-hybridized carbons (Fsp3) is 0.407. The molecule has 0 bridgehead atoms. The summed E-state index contributed by atoms with van der Waals surface area (Å²) in [6.45, 7) is 6.49. The number of anilines is 1. The van der Waals surface area contributed by atoms with Gasteiger partial charge in [-0.15, -0.1) is 5.10 Å². The highest BCUT2D eigenvalue weighted by Gasteiger charge is 2.45. The van der Waals surface area contributed by atoms with E-state index in [-0.39, 0.29) is 66.0 Å². The Balaban J connectivity index is 0.686. The van der Waals surface area contributed by atoms with Crippen LogP contribution in [0.4, 0.5) is 10.1 Å². The summed E-state index contributed by atoms with van der Waals surface area (Å²) in [5, 5.41) is 19.2. The quantitative estimate of drug-likeness (QED) is 0.0595. The van der Waals surface area contributed by atoms with Crippen LogP contribution < -0.4 is 16.0 Å². The van der Waals surface area contributed by atoms with Crippen LogP contribution >= 0.6 is 0 Å². The Labute approximate surface area is 406 Å². The van der Waals surface area contributed by atoms with E-state index in [9.17, 15) is 33.2 Å². The molecule has 5 heterocycles. The highest BCUT2D eigenvalue weighted by molar-refractivity contribution is 6.25. The number of imide groups is 2. The Morgan fingerprint density at radius 3 is 2.41 bits per heavy atom. The lowest BCUT2D eigenvalue weighted by Gasteiger charge is -2.36. The second kappa shape index (κ2) is 21.6. The molecule has 362 valence electrons. The van der Waals surface area contributed by atoms with E-state index >= 15 is 0 Å². The second-order valence-electron chi connectivity index (χ2n) is 18.8. The molecular formula is C54H58FN9O6. The van der Waals surface area contributed by atoms with Crippen molar-refractivity contribution in [1.82, 2.24) is 40.3 Å². The number of carbonyl (C=O) groups is 6. The van der Waals surface area contributed by atoms with Crippen molar-refractivity contribution in [3.63, 3.8) is 0 Å². The summed E-state index contributed by atoms with van der Waals surface area (Å²) in [5.74, 6) is 4.89. The van der Waals surface area contributed by atoms with Gasteiger partial charge >= 0.3 is 0 Å². The molecule has 3 N–H and O–H groups in total. The molecule has 70 heavy (non-hydrogen) atoms. The lowest BCUT2D eigenvalue weighted by Crippen LogP contribution is -2.54. The third-order valence-electron chi connectivity index (χ3n) is 14.3. The van der Waals surface area contributed by atoms with Gasteiger partial charge in [0.2, 0.25) is 23.6 Å². The fourth-order valence-electron chi connectivity index (χ4n) is 10.2. The average Bonchev–Trinajstić information content (AvgIpc) is 3.94. The number of carbonyl (C=O) groups excluding carboxylic acids is 6. The molecule has 2 unspecified atom stereocenters. The van der Waals surface area contributed by atoms with Gasteiger partial charge in [-0.2, -0.15) is 0 Å². The topological polar surface area (TPSA) is 179 Å². The SMILES string of the molecule is CC(c1ccc(C#CC2CCN(C(=O)CCCCCn3cc(CNc4cccc5c4C(=O)N(C4CCC(=O)NC4=O)C5=O)nn3)CC2)c2ccccc12)N1CCC(C(=O)NCc2cccc(F)c2)CC1. The fourth-order valence-corrected chi connectivity index (χ4v) is 10.2. The standard InChI is InChI=1S/C54H58FN9O6/c1-35(61-29-24-39(25-30-61)51(67)57-32-37-9-7-10-40(55)31-37)42-19-18-38(43-11-4-5-12-44(42)43)17-16-36-22-27-62(28-23-36)49(66)15-3-2-6-26-63-34-41(59-60-63)33-56-46-14-8-13-45-50(46)54(70)64(53(45)69)47-20-21-48(65)58-52(47)68/h4-5,7-14,18-19,31,34-36,39,47,56H,2-3,6,15,20-30,32-33H2,1H3,(H,57,67)(H,58,65,68). The highest BCUT2D eigenvalue weighted by Crippen LogP contribution is 2.34. The molecule has 1 aromatic heterocycles. The minimum Gasteiger partial charge on any atom is -0.379 e. The molecule has 4 aliphatic heterocycles. The molecule has 6 amide bonds. The first-order valence-electron chi connectivity index (χ1n) is 24.6. The van der Waals surface area contributed by atoms with Gasteiger partial charge < -0.3 is 15.5 Å². The Kier molecular flexibility index (Phi) is 14.7. The third kappa shape index (κ3) is 10.8. The molecule has 15 nitrogen and oxygen atoms in total. The van der Waals surface area contributed by atoms with Crippen molar-refractivity contribution >= 4 is 51.9 Å². The first-order chi connectivity index (χ1) is 34.0. The summed E-state index contributed by atoms with van der Waals surface area (Å²) < 4.78 is 15.3. The molecule has 3 fully saturated rings. The van der Waals surface area contributed by atoms with E-state index in [2.05, 4.69) is 86.3 Å². The van der Waals surface area contributed by atoms with Gasteiger partial charge in [-0.3, -0.25) is 48.6 Å². The van der Waals surface area contributed by atoms with Gasteiger partial charge in [-0.25, -0.2) is 4.39 Å². The van der Waals surface area contributed by atoms with Gasteiger partial charge in [0.05, 0.1) is 23.9 Å². The predicted octanol–water partition coefficient (Wildman–Crippen LogP) is 6.52. The molecule has 2 atom stereocenters. The van der Waals surface area contributed by atoms with Crippen molar-refractivity contribution in [2.24, 2.45) is 11.8 Å². The number of amides is 6. The molecule has 0 saturated carbocycles. The normalized spacial score (nSPS) is 18.3. The number of aromatic nitrogens is 3. The van der Waals surface area contributed by atoms with Crippen molar-refractivity contribution < 1.29 is 33.2 Å². The minimum atomic E-state index is -1.04. The molecule has 16 heteroatoms. The predicted molar refractivity (Wildman–Crippen MR) is 260 cm³/mol. The van der Waals surface area contributed by atoms with Crippen LogP contribution in [0.2, 0.25) is 0 Å². The maximum absolute atomic E-state index is 13.6. The number of halogens is 1. The largest absolute Gasteiger partial charge is 0.379 e. The van der Waals surface area contributed by atoms with Crippen molar-refractivity contribution in [2.45, 2.75) is 103 Å². The van der Waals surface area contributed by atoms with E-state index in [1.165, 1.54) is 23.1 Å². The molecule has 9 rings (SSSR count).